The lowest BCUT2D eigenvalue weighted by Gasteiger charge is -2.25. The molecule has 3 rings (SSSR count). The van der Waals surface area contributed by atoms with E-state index in [0.717, 1.165) is 23.6 Å². The van der Waals surface area contributed by atoms with Crippen LogP contribution in [0.5, 0.6) is 0 Å². The van der Waals surface area contributed by atoms with Crippen LogP contribution >= 0.6 is 0 Å². The van der Waals surface area contributed by atoms with Crippen molar-refractivity contribution in [3.8, 4) is 0 Å². The summed E-state index contributed by atoms with van der Waals surface area (Å²) in [5.74, 6) is -1.00. The van der Waals surface area contributed by atoms with Crippen LogP contribution in [0.1, 0.15) is 23.2 Å². The van der Waals surface area contributed by atoms with Gasteiger partial charge in [0.05, 0.1) is 25.4 Å². The third-order valence-electron chi connectivity index (χ3n) is 4.62. The van der Waals surface area contributed by atoms with Crippen LogP contribution < -0.4 is 11.1 Å². The number of hydrogen-bond acceptors (Lipinski definition) is 6. The van der Waals surface area contributed by atoms with E-state index >= 15 is 0 Å². The van der Waals surface area contributed by atoms with Crippen molar-refractivity contribution in [2.75, 3.05) is 32.7 Å². The SMILES string of the molecule is COC(=O)[C@H](COC1CCOCC1)NC(=O)c1cc2ccccc2cc1N. The van der Waals surface area contributed by atoms with Gasteiger partial charge >= 0.3 is 5.97 Å². The number of esters is 1. The summed E-state index contributed by atoms with van der Waals surface area (Å²) in [6.07, 6.45) is 1.53. The van der Waals surface area contributed by atoms with Crippen LogP contribution in [0.25, 0.3) is 10.8 Å². The molecular weight excluding hydrogens is 348 g/mol. The second-order valence-electron chi connectivity index (χ2n) is 6.48. The van der Waals surface area contributed by atoms with E-state index in [1.54, 1.807) is 12.1 Å². The van der Waals surface area contributed by atoms with E-state index in [9.17, 15) is 9.59 Å². The summed E-state index contributed by atoms with van der Waals surface area (Å²) in [7, 11) is 1.28. The fraction of sp³-hybridized carbons (Fsp3) is 0.400. The van der Waals surface area contributed by atoms with Crippen LogP contribution in [0.15, 0.2) is 36.4 Å². The molecule has 0 aromatic heterocycles. The minimum atomic E-state index is -0.906. The van der Waals surface area contributed by atoms with Crippen molar-refractivity contribution < 1.29 is 23.8 Å². The molecule has 1 fully saturated rings. The Morgan fingerprint density at radius 3 is 2.56 bits per heavy atom. The highest BCUT2D eigenvalue weighted by molar-refractivity contribution is 6.05. The largest absolute Gasteiger partial charge is 0.467 e. The highest BCUT2D eigenvalue weighted by Gasteiger charge is 2.25. The van der Waals surface area contributed by atoms with E-state index in [-0.39, 0.29) is 12.7 Å². The van der Waals surface area contributed by atoms with E-state index in [4.69, 9.17) is 19.9 Å². The van der Waals surface area contributed by atoms with Crippen LogP contribution in [-0.2, 0) is 19.0 Å². The summed E-state index contributed by atoms with van der Waals surface area (Å²) in [5.41, 5.74) is 6.70. The molecule has 0 bridgehead atoms. The van der Waals surface area contributed by atoms with Gasteiger partial charge in [0.2, 0.25) is 0 Å². The first kappa shape index (κ1) is 19.1. The Hall–Kier alpha value is -2.64. The number of carbonyl (C=O) groups is 2. The monoisotopic (exact) mass is 372 g/mol. The number of ether oxygens (including phenoxy) is 3. The van der Waals surface area contributed by atoms with Gasteiger partial charge in [-0.3, -0.25) is 4.79 Å². The molecule has 1 heterocycles. The molecule has 0 aliphatic carbocycles. The number of rotatable bonds is 6. The van der Waals surface area contributed by atoms with Crippen molar-refractivity contribution in [3.63, 3.8) is 0 Å². The highest BCUT2D eigenvalue weighted by atomic mass is 16.5. The van der Waals surface area contributed by atoms with Crippen LogP contribution in [-0.4, -0.2) is 51.0 Å². The summed E-state index contributed by atoms with van der Waals surface area (Å²) in [4.78, 5) is 24.8. The molecule has 1 saturated heterocycles. The fourth-order valence-corrected chi connectivity index (χ4v) is 3.08. The number of hydrogen-bond donors (Lipinski definition) is 2. The molecule has 1 atom stereocenters. The number of fused-ring (bicyclic) bond motifs is 1. The van der Waals surface area contributed by atoms with Crippen molar-refractivity contribution in [1.82, 2.24) is 5.32 Å². The Kier molecular flexibility index (Phi) is 6.26. The molecule has 1 aliphatic heterocycles. The van der Waals surface area contributed by atoms with Gasteiger partial charge in [-0.15, -0.1) is 0 Å². The molecule has 2 aromatic rings. The molecule has 144 valence electrons. The van der Waals surface area contributed by atoms with E-state index in [1.807, 2.05) is 24.3 Å². The normalized spacial score (nSPS) is 16.0. The van der Waals surface area contributed by atoms with Crippen LogP contribution in [0.2, 0.25) is 0 Å². The maximum absolute atomic E-state index is 12.7. The zero-order valence-corrected chi connectivity index (χ0v) is 15.3. The molecule has 2 aromatic carbocycles. The number of nitrogen functional groups attached to an aromatic ring is 1. The first-order valence-electron chi connectivity index (χ1n) is 8.95. The topological polar surface area (TPSA) is 99.9 Å². The van der Waals surface area contributed by atoms with Crippen molar-refractivity contribution in [3.05, 3.63) is 42.0 Å². The molecule has 7 heteroatoms. The third kappa shape index (κ3) is 4.75. The predicted octanol–water partition coefficient (Wildman–Crippen LogP) is 1.89. The third-order valence-corrected chi connectivity index (χ3v) is 4.62. The number of benzene rings is 2. The first-order chi connectivity index (χ1) is 13.1. The molecule has 0 unspecified atom stereocenters. The minimum Gasteiger partial charge on any atom is -0.467 e. The second-order valence-corrected chi connectivity index (χ2v) is 6.48. The Morgan fingerprint density at radius 2 is 1.89 bits per heavy atom. The summed E-state index contributed by atoms with van der Waals surface area (Å²) >= 11 is 0. The van der Waals surface area contributed by atoms with E-state index in [0.29, 0.717) is 24.5 Å². The molecule has 0 saturated carbocycles. The fourth-order valence-electron chi connectivity index (χ4n) is 3.08. The zero-order valence-electron chi connectivity index (χ0n) is 15.3. The first-order valence-corrected chi connectivity index (χ1v) is 8.95. The lowest BCUT2D eigenvalue weighted by Crippen LogP contribution is -2.46. The maximum Gasteiger partial charge on any atom is 0.330 e. The van der Waals surface area contributed by atoms with Crippen LogP contribution in [0.4, 0.5) is 5.69 Å². The quantitative estimate of drug-likeness (QED) is 0.593. The van der Waals surface area contributed by atoms with Gasteiger partial charge in [0.15, 0.2) is 6.04 Å². The Balaban J connectivity index is 1.71. The minimum absolute atomic E-state index is 0.00791. The molecule has 1 aliphatic rings. The van der Waals surface area contributed by atoms with Gasteiger partial charge in [0, 0.05) is 18.9 Å². The Morgan fingerprint density at radius 1 is 1.22 bits per heavy atom. The van der Waals surface area contributed by atoms with Gasteiger partial charge in [0.1, 0.15) is 0 Å². The Labute approximate surface area is 157 Å². The Bertz CT molecular complexity index is 817. The number of anilines is 1. The average Bonchev–Trinajstić information content (AvgIpc) is 2.70. The van der Waals surface area contributed by atoms with Gasteiger partial charge in [-0.2, -0.15) is 0 Å². The molecule has 0 spiro atoms. The van der Waals surface area contributed by atoms with Crippen molar-refractivity contribution in [2.24, 2.45) is 0 Å². The maximum atomic E-state index is 12.7. The van der Waals surface area contributed by atoms with Crippen molar-refractivity contribution in [2.45, 2.75) is 25.0 Å². The van der Waals surface area contributed by atoms with Crippen molar-refractivity contribution >= 4 is 28.3 Å². The van der Waals surface area contributed by atoms with Gasteiger partial charge < -0.3 is 25.3 Å². The van der Waals surface area contributed by atoms with Gasteiger partial charge in [-0.25, -0.2) is 4.79 Å². The predicted molar refractivity (Wildman–Crippen MR) is 101 cm³/mol. The van der Waals surface area contributed by atoms with Crippen molar-refractivity contribution in [1.29, 1.82) is 0 Å². The number of carbonyl (C=O) groups excluding carboxylic acids is 2. The number of amides is 1. The smallest absolute Gasteiger partial charge is 0.330 e. The van der Waals surface area contributed by atoms with E-state index < -0.39 is 17.9 Å². The standard InChI is InChI=1S/C20H24N2O5/c1-25-20(24)18(12-27-15-6-8-26-9-7-15)22-19(23)16-10-13-4-2-3-5-14(13)11-17(16)21/h2-5,10-11,15,18H,6-9,12,21H2,1H3,(H,22,23)/t18-/m0/s1. The summed E-state index contributed by atoms with van der Waals surface area (Å²) < 4.78 is 15.9. The van der Waals surface area contributed by atoms with Gasteiger partial charge in [-0.05, 0) is 35.7 Å². The summed E-state index contributed by atoms with van der Waals surface area (Å²) in [6.45, 7) is 1.30. The lowest BCUT2D eigenvalue weighted by molar-refractivity contribution is -0.145. The zero-order chi connectivity index (χ0) is 19.2. The number of nitrogens with two attached hydrogens (primary N) is 1. The average molecular weight is 372 g/mol. The van der Waals surface area contributed by atoms with E-state index in [2.05, 4.69) is 5.32 Å². The number of methoxy groups -OCH3 is 1. The molecule has 7 nitrogen and oxygen atoms in total. The summed E-state index contributed by atoms with van der Waals surface area (Å²) in [5, 5.41) is 4.52. The molecular formula is C20H24N2O5. The number of nitrogens with one attached hydrogen (secondary N) is 1. The second kappa shape index (κ2) is 8.83. The van der Waals surface area contributed by atoms with Crippen LogP contribution in [0, 0.1) is 0 Å². The molecule has 27 heavy (non-hydrogen) atoms. The van der Waals surface area contributed by atoms with Gasteiger partial charge in [0.25, 0.3) is 5.91 Å². The molecule has 3 N–H and O–H groups in total. The van der Waals surface area contributed by atoms with Gasteiger partial charge in [-0.1, -0.05) is 24.3 Å². The molecule has 1 amide bonds. The lowest BCUT2D eigenvalue weighted by atomic mass is 10.0. The summed E-state index contributed by atoms with van der Waals surface area (Å²) in [6, 6.07) is 10.2. The molecule has 0 radical (unpaired) electrons. The van der Waals surface area contributed by atoms with Crippen LogP contribution in [0.3, 0.4) is 0 Å². The van der Waals surface area contributed by atoms with E-state index in [1.165, 1.54) is 7.11 Å². The highest BCUT2D eigenvalue weighted by Crippen LogP contribution is 2.22.